The Hall–Kier alpha value is -9.53. The Kier molecular flexibility index (Phi) is 24.2. The lowest BCUT2D eigenvalue weighted by molar-refractivity contribution is -0.138. The standard InChI is InChI=1S/C52H69N19O12S2/c53-42(75)38-24-84-85-25-39(63-40(72)23-71-49(82)34(70-52(71)83)13-7-17-60-51(56)57)48(81)65-33(14-15-41(73)74)44(77)68-37(20-29-22-58-26-62-29)47(80)66-35(18-27-8-2-1-3-9-27)45(78)64-32(12-6-16-59-50(54)55)43(76)67-36(46(79)69-38)19-28-21-61-31-11-5-4-10-30(28)31/h1-5,8-11,21-22,26,32-33,35-39,61,82H,6-7,12-20,23-25H2,(H2,53,75)(H,58,62)(H,63,72)(H,64,78)(H,65,81)(H,66,80)(H,67,76)(H,68,77)(H,69,79)(H,70,83)(H,73,74)(H4,54,55,59)(H4,56,57,60)/t32-,33-,35+,36-,37-,38-,39-/m0/s1. The van der Waals surface area contributed by atoms with Crippen LogP contribution in [0.5, 0.6) is 5.88 Å². The third kappa shape index (κ3) is 20.1. The molecule has 456 valence electrons. The number of carbonyl (C=O) groups is 9. The summed E-state index contributed by atoms with van der Waals surface area (Å²) in [6.07, 6.45) is 2.84. The number of aromatic hydroxyl groups is 1. The number of nitrogens with zero attached hydrogens (tertiary/aromatic N) is 4. The van der Waals surface area contributed by atoms with Crippen molar-refractivity contribution in [2.75, 3.05) is 24.6 Å². The van der Waals surface area contributed by atoms with Crippen molar-refractivity contribution < 1.29 is 53.4 Å². The van der Waals surface area contributed by atoms with Gasteiger partial charge in [0.2, 0.25) is 53.1 Å². The van der Waals surface area contributed by atoms with Gasteiger partial charge in [0.25, 0.3) is 0 Å². The predicted molar refractivity (Wildman–Crippen MR) is 315 cm³/mol. The number of hydrogen-bond acceptors (Lipinski definition) is 16. The molecule has 33 heteroatoms. The number of aromatic amines is 3. The van der Waals surface area contributed by atoms with E-state index < -0.39 is 126 Å². The lowest BCUT2D eigenvalue weighted by Crippen LogP contribution is -2.61. The molecule has 8 amide bonds. The summed E-state index contributed by atoms with van der Waals surface area (Å²) in [6, 6.07) is 4.95. The van der Waals surface area contributed by atoms with E-state index in [0.717, 1.165) is 21.6 Å². The molecule has 85 heavy (non-hydrogen) atoms. The molecule has 3 aromatic heterocycles. The van der Waals surface area contributed by atoms with E-state index in [1.54, 1.807) is 60.8 Å². The van der Waals surface area contributed by atoms with Crippen LogP contribution in [0.3, 0.4) is 0 Å². The predicted octanol–water partition coefficient (Wildman–Crippen LogP) is -3.79. The van der Waals surface area contributed by atoms with Crippen LogP contribution >= 0.6 is 21.6 Å². The molecule has 1 fully saturated rings. The van der Waals surface area contributed by atoms with Crippen LogP contribution in [-0.4, -0.2) is 167 Å². The van der Waals surface area contributed by atoms with Crippen molar-refractivity contribution in [1.29, 1.82) is 0 Å². The first-order valence-corrected chi connectivity index (χ1v) is 29.2. The lowest BCUT2D eigenvalue weighted by atomic mass is 10.0. The van der Waals surface area contributed by atoms with Crippen LogP contribution in [-0.2, 0) is 75.4 Å². The third-order valence-corrected chi connectivity index (χ3v) is 15.6. The van der Waals surface area contributed by atoms with Gasteiger partial charge in [-0.3, -0.25) is 57.7 Å². The molecule has 1 aliphatic rings. The van der Waals surface area contributed by atoms with E-state index in [9.17, 15) is 58.2 Å². The van der Waals surface area contributed by atoms with Gasteiger partial charge in [-0.1, -0.05) is 70.1 Å². The van der Waals surface area contributed by atoms with Crippen LogP contribution in [0.4, 0.5) is 0 Å². The molecule has 2 aromatic carbocycles. The molecule has 0 radical (unpaired) electrons. The van der Waals surface area contributed by atoms with E-state index in [2.05, 4.69) is 67.1 Å². The largest absolute Gasteiger partial charge is 0.493 e. The van der Waals surface area contributed by atoms with Crippen LogP contribution < -0.4 is 71.6 Å². The highest BCUT2D eigenvalue weighted by molar-refractivity contribution is 8.76. The molecule has 0 bridgehead atoms. The first kappa shape index (κ1) is 64.6. The first-order valence-electron chi connectivity index (χ1n) is 26.7. The van der Waals surface area contributed by atoms with Crippen LogP contribution in [0.25, 0.3) is 10.9 Å². The number of imidazole rings is 2. The van der Waals surface area contributed by atoms with Gasteiger partial charge in [0.15, 0.2) is 11.9 Å². The quantitative estimate of drug-likeness (QED) is 0.0145. The zero-order valence-electron chi connectivity index (χ0n) is 45.8. The molecule has 22 N–H and O–H groups in total. The highest BCUT2D eigenvalue weighted by Gasteiger charge is 2.36. The number of para-hydroxylation sites is 1. The second-order valence-corrected chi connectivity index (χ2v) is 22.2. The second kappa shape index (κ2) is 31.8. The highest BCUT2D eigenvalue weighted by Crippen LogP contribution is 2.25. The number of carbonyl (C=O) groups excluding carboxylic acids is 8. The number of benzene rings is 2. The van der Waals surface area contributed by atoms with Crippen LogP contribution in [0.1, 0.15) is 54.6 Å². The van der Waals surface area contributed by atoms with E-state index in [1.165, 1.54) is 12.5 Å². The number of fused-ring (bicyclic) bond motifs is 1. The average molecular weight is 1220 g/mol. The molecule has 31 nitrogen and oxygen atoms in total. The summed E-state index contributed by atoms with van der Waals surface area (Å²) in [5, 5.41) is 39.8. The Morgan fingerprint density at radius 3 is 1.89 bits per heavy atom. The Morgan fingerprint density at radius 2 is 1.25 bits per heavy atom. The van der Waals surface area contributed by atoms with Crippen molar-refractivity contribution in [2.45, 2.75) is 107 Å². The fourth-order valence-electron chi connectivity index (χ4n) is 8.85. The van der Waals surface area contributed by atoms with Crippen molar-refractivity contribution in [1.82, 2.24) is 61.7 Å². The maximum absolute atomic E-state index is 14.8. The minimum Gasteiger partial charge on any atom is -0.493 e. The van der Waals surface area contributed by atoms with Gasteiger partial charge >= 0.3 is 11.7 Å². The first-order chi connectivity index (χ1) is 40.6. The number of hydrogen-bond donors (Lipinski definition) is 17. The molecule has 1 aliphatic heterocycles. The van der Waals surface area contributed by atoms with Crippen LogP contribution in [0.15, 0.2) is 88.1 Å². The number of carboxylic acids is 1. The summed E-state index contributed by atoms with van der Waals surface area (Å²) in [5.74, 6) is -10.7. The summed E-state index contributed by atoms with van der Waals surface area (Å²) in [6.45, 7) is -0.665. The summed E-state index contributed by atoms with van der Waals surface area (Å²) in [7, 11) is 1.80. The summed E-state index contributed by atoms with van der Waals surface area (Å²) < 4.78 is 0.703. The average Bonchev–Trinajstić information content (AvgIpc) is 4.03. The fourth-order valence-corrected chi connectivity index (χ4v) is 11.2. The second-order valence-electron chi connectivity index (χ2n) is 19.6. The monoisotopic (exact) mass is 1220 g/mol. The van der Waals surface area contributed by atoms with E-state index in [-0.39, 0.29) is 80.7 Å². The summed E-state index contributed by atoms with van der Waals surface area (Å²) >= 11 is 0. The third-order valence-electron chi connectivity index (χ3n) is 13.2. The van der Waals surface area contributed by atoms with Crippen molar-refractivity contribution in [3.8, 4) is 5.88 Å². The molecule has 6 rings (SSSR count). The summed E-state index contributed by atoms with van der Waals surface area (Å²) in [5.41, 5.74) is 29.1. The van der Waals surface area contributed by atoms with Gasteiger partial charge in [-0.15, -0.1) is 0 Å². The highest BCUT2D eigenvalue weighted by atomic mass is 33.1. The number of aliphatic imine (C=N–C) groups is 2. The number of guanidine groups is 2. The molecule has 1 saturated heterocycles. The molecular weight excluding hydrogens is 1150 g/mol. The zero-order valence-corrected chi connectivity index (χ0v) is 47.5. The Bertz CT molecular complexity index is 3270. The number of aromatic nitrogens is 5. The Balaban J connectivity index is 1.39. The van der Waals surface area contributed by atoms with Crippen LogP contribution in [0, 0.1) is 0 Å². The normalized spacial score (nSPS) is 20.5. The van der Waals surface area contributed by atoms with Crippen molar-refractivity contribution in [3.05, 3.63) is 106 Å². The van der Waals surface area contributed by atoms with Gasteiger partial charge in [0.1, 0.15) is 48.8 Å². The van der Waals surface area contributed by atoms with Gasteiger partial charge in [-0.05, 0) is 49.3 Å². The van der Waals surface area contributed by atoms with E-state index in [4.69, 9.17) is 28.7 Å². The Morgan fingerprint density at radius 1 is 0.671 bits per heavy atom. The molecule has 7 atom stereocenters. The molecule has 0 unspecified atom stereocenters. The maximum atomic E-state index is 14.8. The molecule has 5 aromatic rings. The van der Waals surface area contributed by atoms with Crippen molar-refractivity contribution in [3.63, 3.8) is 0 Å². The number of amides is 8. The Labute approximate surface area is 492 Å². The maximum Gasteiger partial charge on any atom is 0.329 e. The number of aryl methyl sites for hydroxylation is 1. The summed E-state index contributed by atoms with van der Waals surface area (Å²) in [4.78, 5) is 160. The SMILES string of the molecule is NC(=O)[C@@H]1CSSC[C@H](NC(=O)Cn2c(O)c(CCCN=C(N)N)[nH]c2=O)C(=O)N[C@@H](CCC(=O)O)C(=O)N[C@@H](Cc2cnc[nH]2)C(=O)N[C@H](Cc2ccccc2)C(=O)N[C@@H](CCCN=C(N)N)C(=O)N[C@@H](Cc2c[nH]c3ccccc23)C(=O)N1. The van der Waals surface area contributed by atoms with Gasteiger partial charge in [0, 0.05) is 79.3 Å². The number of aliphatic carboxylic acids is 1. The molecular formula is C52H69N19O12S2. The number of primary amides is 1. The lowest BCUT2D eigenvalue weighted by Gasteiger charge is -2.28. The van der Waals surface area contributed by atoms with E-state index in [0.29, 0.717) is 38.7 Å². The zero-order chi connectivity index (χ0) is 61.6. The molecule has 0 saturated carbocycles. The topological polar surface area (TPSA) is 515 Å². The molecule has 0 aliphatic carbocycles. The number of rotatable bonds is 21. The van der Waals surface area contributed by atoms with Crippen molar-refractivity contribution >= 4 is 97.6 Å². The number of nitrogens with one attached hydrogen (secondary N) is 10. The van der Waals surface area contributed by atoms with E-state index in [1.807, 2.05) is 0 Å². The van der Waals surface area contributed by atoms with Gasteiger partial charge in [-0.2, -0.15) is 0 Å². The number of carboxylic acid groups (broad SMARTS) is 1. The smallest absolute Gasteiger partial charge is 0.329 e. The molecule has 0 spiro atoms. The minimum absolute atomic E-state index is 0.0159. The number of nitrogens with two attached hydrogens (primary N) is 5. The van der Waals surface area contributed by atoms with E-state index >= 15 is 0 Å². The van der Waals surface area contributed by atoms with Crippen molar-refractivity contribution in [2.24, 2.45) is 38.7 Å². The minimum atomic E-state index is -1.72. The fraction of sp³-hybridized carbons (Fsp3) is 0.404. The van der Waals surface area contributed by atoms with Gasteiger partial charge in [-0.25, -0.2) is 9.78 Å². The van der Waals surface area contributed by atoms with Gasteiger partial charge < -0.3 is 91.1 Å². The molecule has 4 heterocycles. The number of H-pyrrole nitrogens is 3. The van der Waals surface area contributed by atoms with Gasteiger partial charge in [0.05, 0.1) is 12.0 Å². The van der Waals surface area contributed by atoms with Crippen LogP contribution in [0.2, 0.25) is 0 Å².